The number of benzene rings is 2. The van der Waals surface area contributed by atoms with E-state index in [0.717, 1.165) is 0 Å². The number of rotatable bonds is 2. The average Bonchev–Trinajstić information content (AvgIpc) is 3.17. The molecule has 1 aliphatic rings. The minimum Gasteiger partial charge on any atom is -0.358 e. The second-order valence-corrected chi connectivity index (χ2v) is 7.57. The van der Waals surface area contributed by atoms with Crippen molar-refractivity contribution in [2.45, 2.75) is 39.0 Å². The van der Waals surface area contributed by atoms with Crippen LogP contribution in [0.2, 0.25) is 0 Å². The Hall–Kier alpha value is -2.74. The lowest BCUT2D eigenvalue weighted by molar-refractivity contribution is 0.664. The molecule has 0 fully saturated rings. The third-order valence-corrected chi connectivity index (χ3v) is 5.89. The van der Waals surface area contributed by atoms with Crippen LogP contribution >= 0.6 is 0 Å². The van der Waals surface area contributed by atoms with Crippen LogP contribution in [0.25, 0.3) is 27.4 Å². The summed E-state index contributed by atoms with van der Waals surface area (Å²) in [4.78, 5) is 7.15. The Morgan fingerprint density at radius 2 is 1.46 bits per heavy atom. The Bertz CT molecular complexity index is 1140. The van der Waals surface area contributed by atoms with Crippen molar-refractivity contribution in [2.24, 2.45) is 0 Å². The normalized spacial score (nSPS) is 17.8. The van der Waals surface area contributed by atoms with Gasteiger partial charge in [-0.2, -0.15) is 0 Å². The van der Waals surface area contributed by atoms with Gasteiger partial charge in [0, 0.05) is 44.7 Å². The molecule has 1 unspecified atom stereocenters. The van der Waals surface area contributed by atoms with Crippen LogP contribution in [0.1, 0.15) is 47.7 Å². The topological polar surface area (TPSA) is 31.6 Å². The minimum atomic E-state index is 0.489. The van der Waals surface area contributed by atoms with Gasteiger partial charge in [-0.1, -0.05) is 42.5 Å². The largest absolute Gasteiger partial charge is 0.358 e. The molecule has 0 aliphatic heterocycles. The highest BCUT2D eigenvalue weighted by molar-refractivity contribution is 5.95. The molecule has 1 aliphatic carbocycles. The maximum atomic E-state index is 3.58. The van der Waals surface area contributed by atoms with E-state index in [0.29, 0.717) is 5.92 Å². The second-order valence-electron chi connectivity index (χ2n) is 7.57. The van der Waals surface area contributed by atoms with Crippen molar-refractivity contribution >= 4 is 27.4 Å². The van der Waals surface area contributed by atoms with Crippen LogP contribution in [0, 0.1) is 13.8 Å². The highest BCUT2D eigenvalue weighted by atomic mass is 14.7. The Balaban J connectivity index is 1.66. The summed E-state index contributed by atoms with van der Waals surface area (Å²) in [6.07, 6.45) is 6.18. The maximum Gasteiger partial charge on any atom is 0.0462 e. The number of aryl methyl sites for hydroxylation is 2. The van der Waals surface area contributed by atoms with Crippen LogP contribution in [-0.2, 0) is 0 Å². The van der Waals surface area contributed by atoms with E-state index in [1.165, 1.54) is 69.2 Å². The summed E-state index contributed by atoms with van der Waals surface area (Å²) in [6.45, 7) is 4.42. The van der Waals surface area contributed by atoms with Crippen LogP contribution in [0.5, 0.6) is 0 Å². The van der Waals surface area contributed by atoms with Crippen LogP contribution in [0.15, 0.2) is 54.6 Å². The fourth-order valence-corrected chi connectivity index (χ4v) is 4.82. The lowest BCUT2D eigenvalue weighted by Crippen LogP contribution is -2.04. The van der Waals surface area contributed by atoms with Crippen LogP contribution in [0.3, 0.4) is 0 Å². The van der Waals surface area contributed by atoms with E-state index in [1.807, 2.05) is 0 Å². The van der Waals surface area contributed by atoms with E-state index >= 15 is 0 Å². The summed E-state index contributed by atoms with van der Waals surface area (Å²) in [6, 6.07) is 17.4. The first kappa shape index (κ1) is 15.5. The molecule has 0 radical (unpaired) electrons. The van der Waals surface area contributed by atoms with Gasteiger partial charge in [-0.3, -0.25) is 0 Å². The van der Waals surface area contributed by atoms with E-state index in [1.54, 1.807) is 0 Å². The fraction of sp³-hybridized carbons (Fsp3) is 0.250. The van der Waals surface area contributed by atoms with Crippen molar-refractivity contribution in [3.05, 3.63) is 77.1 Å². The number of hydrogen-bond acceptors (Lipinski definition) is 0. The summed E-state index contributed by atoms with van der Waals surface area (Å²) in [5, 5.41) is 2.73. The molecule has 2 aromatic carbocycles. The number of nitrogens with one attached hydrogen (secondary N) is 2. The van der Waals surface area contributed by atoms with Crippen molar-refractivity contribution in [3.63, 3.8) is 0 Å². The molecule has 1 atom stereocenters. The average molecular weight is 340 g/mol. The van der Waals surface area contributed by atoms with Crippen molar-refractivity contribution < 1.29 is 0 Å². The van der Waals surface area contributed by atoms with Gasteiger partial charge < -0.3 is 9.97 Å². The molecular weight excluding hydrogens is 316 g/mol. The summed E-state index contributed by atoms with van der Waals surface area (Å²) in [7, 11) is 0. The lowest BCUT2D eigenvalue weighted by atomic mass is 9.82. The molecule has 2 N–H and O–H groups in total. The highest BCUT2D eigenvalue weighted by Gasteiger charge is 2.23. The first-order valence-corrected chi connectivity index (χ1v) is 9.58. The first-order chi connectivity index (χ1) is 12.7. The number of allylic oxidation sites excluding steroid dienone is 2. The van der Waals surface area contributed by atoms with Crippen molar-refractivity contribution in [1.82, 2.24) is 9.97 Å². The molecule has 0 saturated heterocycles. The fourth-order valence-electron chi connectivity index (χ4n) is 4.82. The minimum absolute atomic E-state index is 0.489. The molecule has 4 aromatic rings. The van der Waals surface area contributed by atoms with Gasteiger partial charge in [0.1, 0.15) is 0 Å². The van der Waals surface area contributed by atoms with E-state index in [9.17, 15) is 0 Å². The molecule has 26 heavy (non-hydrogen) atoms. The first-order valence-electron chi connectivity index (χ1n) is 9.58. The van der Waals surface area contributed by atoms with E-state index in [2.05, 4.69) is 78.4 Å². The standard InChI is InChI=1S/C24H24N2/c1-15-23(19-10-3-5-12-21(19)25-15)17-8-7-9-18(14-17)24-16(2)26-22-13-6-4-11-20(22)24/h3-6,10-14,17,25-26H,7-9H2,1-2H3. The molecule has 2 heteroatoms. The van der Waals surface area contributed by atoms with Crippen LogP contribution in [0.4, 0.5) is 0 Å². The Morgan fingerprint density at radius 3 is 2.27 bits per heavy atom. The molecule has 0 bridgehead atoms. The smallest absolute Gasteiger partial charge is 0.0462 e. The Morgan fingerprint density at radius 1 is 0.808 bits per heavy atom. The SMILES string of the molecule is Cc1[nH]c2ccccc2c1C1=CC(c2c(C)[nH]c3ccccc23)CCC1. The molecule has 5 rings (SSSR count). The summed E-state index contributed by atoms with van der Waals surface area (Å²) in [5.41, 5.74) is 9.49. The van der Waals surface area contributed by atoms with Gasteiger partial charge in [-0.25, -0.2) is 0 Å². The zero-order chi connectivity index (χ0) is 17.7. The molecule has 130 valence electrons. The Labute approximate surface area is 153 Å². The van der Waals surface area contributed by atoms with Crippen LogP contribution in [-0.4, -0.2) is 9.97 Å². The van der Waals surface area contributed by atoms with E-state index < -0.39 is 0 Å². The van der Waals surface area contributed by atoms with Crippen LogP contribution < -0.4 is 0 Å². The Kier molecular flexibility index (Phi) is 3.53. The number of para-hydroxylation sites is 2. The molecule has 0 saturated carbocycles. The quantitative estimate of drug-likeness (QED) is 0.411. The van der Waals surface area contributed by atoms with E-state index in [4.69, 9.17) is 0 Å². The zero-order valence-electron chi connectivity index (χ0n) is 15.4. The molecule has 2 aromatic heterocycles. The lowest BCUT2D eigenvalue weighted by Gasteiger charge is -2.22. The number of aromatic nitrogens is 2. The monoisotopic (exact) mass is 340 g/mol. The summed E-state index contributed by atoms with van der Waals surface area (Å²) < 4.78 is 0. The third-order valence-electron chi connectivity index (χ3n) is 5.89. The molecule has 2 nitrogen and oxygen atoms in total. The van der Waals surface area contributed by atoms with E-state index in [-0.39, 0.29) is 0 Å². The highest BCUT2D eigenvalue weighted by Crippen LogP contribution is 2.41. The zero-order valence-corrected chi connectivity index (χ0v) is 15.4. The van der Waals surface area contributed by atoms with Gasteiger partial charge in [-0.05, 0) is 56.4 Å². The molecule has 0 amide bonds. The molecular formula is C24H24N2. The number of hydrogen-bond donors (Lipinski definition) is 2. The van der Waals surface area contributed by atoms with Gasteiger partial charge in [0.2, 0.25) is 0 Å². The van der Waals surface area contributed by atoms with Crippen molar-refractivity contribution in [3.8, 4) is 0 Å². The molecule has 2 heterocycles. The van der Waals surface area contributed by atoms with Gasteiger partial charge in [-0.15, -0.1) is 0 Å². The van der Waals surface area contributed by atoms with Gasteiger partial charge in [0.25, 0.3) is 0 Å². The summed E-state index contributed by atoms with van der Waals surface area (Å²) >= 11 is 0. The van der Waals surface area contributed by atoms with Crippen molar-refractivity contribution in [2.75, 3.05) is 0 Å². The van der Waals surface area contributed by atoms with Gasteiger partial charge in [0.15, 0.2) is 0 Å². The summed E-state index contributed by atoms with van der Waals surface area (Å²) in [5.74, 6) is 0.489. The number of fused-ring (bicyclic) bond motifs is 2. The second kappa shape index (κ2) is 5.91. The molecule has 0 spiro atoms. The predicted octanol–water partition coefficient (Wildman–Crippen LogP) is 6.62. The third kappa shape index (κ3) is 2.33. The maximum absolute atomic E-state index is 3.58. The van der Waals surface area contributed by atoms with Gasteiger partial charge in [0.05, 0.1) is 0 Å². The number of aromatic amines is 2. The van der Waals surface area contributed by atoms with Gasteiger partial charge >= 0.3 is 0 Å². The number of H-pyrrole nitrogens is 2. The van der Waals surface area contributed by atoms with Crippen molar-refractivity contribution in [1.29, 1.82) is 0 Å². The predicted molar refractivity (Wildman–Crippen MR) is 111 cm³/mol.